The topological polar surface area (TPSA) is 70.2 Å². The van der Waals surface area contributed by atoms with Crippen molar-refractivity contribution in [1.82, 2.24) is 4.90 Å². The first-order chi connectivity index (χ1) is 5.96. The Kier molecular flexibility index (Phi) is 2.59. The van der Waals surface area contributed by atoms with Gasteiger partial charge in [-0.15, -0.1) is 0 Å². The maximum Gasteiger partial charge on any atom is 0.242 e. The van der Waals surface area contributed by atoms with Gasteiger partial charge in [-0.25, -0.2) is 0 Å². The average molecular weight is 183 g/mol. The monoisotopic (exact) mass is 183 g/mol. The van der Waals surface area contributed by atoms with E-state index in [1.165, 1.54) is 0 Å². The summed E-state index contributed by atoms with van der Waals surface area (Å²) in [5.41, 5.74) is 4.58. The quantitative estimate of drug-likeness (QED) is 0.662. The van der Waals surface area contributed by atoms with E-state index >= 15 is 0 Å². The van der Waals surface area contributed by atoms with Crippen molar-refractivity contribution in [2.24, 2.45) is 5.73 Å². The molecule has 0 spiro atoms. The molecule has 0 aromatic rings. The Balaban J connectivity index is 2.79. The SMILES string of the molecule is CC(C)(C(N)=O)N1CCCCC1=N. The molecule has 1 aliphatic heterocycles. The van der Waals surface area contributed by atoms with E-state index in [2.05, 4.69) is 0 Å². The third-order valence-electron chi connectivity index (χ3n) is 2.65. The van der Waals surface area contributed by atoms with Crippen LogP contribution in [0.3, 0.4) is 0 Å². The molecule has 0 aromatic heterocycles. The molecular weight excluding hydrogens is 166 g/mol. The number of nitrogens with zero attached hydrogens (tertiary/aromatic N) is 1. The molecule has 0 unspecified atom stereocenters. The lowest BCUT2D eigenvalue weighted by Gasteiger charge is -2.40. The van der Waals surface area contributed by atoms with Crippen molar-refractivity contribution in [3.8, 4) is 0 Å². The summed E-state index contributed by atoms with van der Waals surface area (Å²) >= 11 is 0. The van der Waals surface area contributed by atoms with Crippen molar-refractivity contribution in [2.45, 2.75) is 38.6 Å². The van der Waals surface area contributed by atoms with Crippen LogP contribution in [-0.4, -0.2) is 28.7 Å². The van der Waals surface area contributed by atoms with E-state index in [-0.39, 0.29) is 5.91 Å². The van der Waals surface area contributed by atoms with E-state index < -0.39 is 5.54 Å². The van der Waals surface area contributed by atoms with Crippen molar-refractivity contribution in [1.29, 1.82) is 5.41 Å². The van der Waals surface area contributed by atoms with Crippen LogP contribution in [0.25, 0.3) is 0 Å². The fraction of sp³-hybridized carbons (Fsp3) is 0.778. The Morgan fingerprint density at radius 2 is 2.15 bits per heavy atom. The molecule has 4 nitrogen and oxygen atoms in total. The minimum absolute atomic E-state index is 0.362. The van der Waals surface area contributed by atoms with Crippen LogP contribution in [0.1, 0.15) is 33.1 Å². The van der Waals surface area contributed by atoms with Crippen molar-refractivity contribution in [3.63, 3.8) is 0 Å². The fourth-order valence-corrected chi connectivity index (χ4v) is 1.58. The van der Waals surface area contributed by atoms with Gasteiger partial charge < -0.3 is 10.6 Å². The molecule has 0 atom stereocenters. The third kappa shape index (κ3) is 1.82. The Morgan fingerprint density at radius 3 is 2.62 bits per heavy atom. The van der Waals surface area contributed by atoms with Gasteiger partial charge in [0.1, 0.15) is 5.54 Å². The summed E-state index contributed by atoms with van der Waals surface area (Å²) in [7, 11) is 0. The highest BCUT2D eigenvalue weighted by Crippen LogP contribution is 2.21. The molecule has 13 heavy (non-hydrogen) atoms. The van der Waals surface area contributed by atoms with Crippen molar-refractivity contribution in [2.75, 3.05) is 6.54 Å². The zero-order valence-corrected chi connectivity index (χ0v) is 8.26. The molecule has 1 saturated heterocycles. The summed E-state index contributed by atoms with van der Waals surface area (Å²) in [6.45, 7) is 4.32. The van der Waals surface area contributed by atoms with E-state index in [1.807, 2.05) is 0 Å². The smallest absolute Gasteiger partial charge is 0.242 e. The number of amides is 1. The Morgan fingerprint density at radius 1 is 1.54 bits per heavy atom. The molecule has 1 amide bonds. The van der Waals surface area contributed by atoms with Crippen molar-refractivity contribution < 1.29 is 4.79 Å². The molecule has 0 aliphatic carbocycles. The lowest BCUT2D eigenvalue weighted by Crippen LogP contribution is -2.56. The number of nitrogens with two attached hydrogens (primary N) is 1. The fourth-order valence-electron chi connectivity index (χ4n) is 1.58. The van der Waals surface area contributed by atoms with Crippen LogP contribution in [0.4, 0.5) is 0 Å². The van der Waals surface area contributed by atoms with E-state index in [4.69, 9.17) is 11.1 Å². The van der Waals surface area contributed by atoms with Gasteiger partial charge in [-0.3, -0.25) is 10.2 Å². The second-order valence-electron chi connectivity index (χ2n) is 3.98. The number of amidine groups is 1. The predicted octanol–water partition coefficient (Wildman–Crippen LogP) is 0.713. The van der Waals surface area contributed by atoms with Crippen LogP contribution in [0.15, 0.2) is 0 Å². The molecule has 1 fully saturated rings. The highest BCUT2D eigenvalue weighted by molar-refractivity contribution is 5.90. The third-order valence-corrected chi connectivity index (χ3v) is 2.65. The van der Waals surface area contributed by atoms with Gasteiger partial charge in [0.15, 0.2) is 0 Å². The second-order valence-corrected chi connectivity index (χ2v) is 3.98. The highest BCUT2D eigenvalue weighted by Gasteiger charge is 2.35. The minimum atomic E-state index is -0.711. The molecule has 0 radical (unpaired) electrons. The Labute approximate surface area is 78.6 Å². The Bertz CT molecular complexity index is 235. The number of carbonyl (C=O) groups excluding carboxylic acids is 1. The maximum atomic E-state index is 11.1. The van der Waals surface area contributed by atoms with E-state index in [0.29, 0.717) is 5.84 Å². The lowest BCUT2D eigenvalue weighted by atomic mass is 9.97. The largest absolute Gasteiger partial charge is 0.368 e. The number of hydrogen-bond acceptors (Lipinski definition) is 2. The van der Waals surface area contributed by atoms with Gasteiger partial charge in [0.25, 0.3) is 0 Å². The standard InChI is InChI=1S/C9H17N3O/c1-9(2,8(11)13)12-6-4-3-5-7(12)10/h10H,3-6H2,1-2H3,(H2,11,13). The normalized spacial score (nSPS) is 18.9. The summed E-state index contributed by atoms with van der Waals surface area (Å²) in [4.78, 5) is 13.0. The molecule has 3 N–H and O–H groups in total. The second kappa shape index (κ2) is 3.36. The van der Waals surface area contributed by atoms with Crippen molar-refractivity contribution in [3.05, 3.63) is 0 Å². The lowest BCUT2D eigenvalue weighted by molar-refractivity contribution is -0.126. The number of carbonyl (C=O) groups is 1. The Hall–Kier alpha value is -1.06. The number of nitrogens with one attached hydrogen (secondary N) is 1. The molecule has 0 saturated carbocycles. The molecule has 4 heteroatoms. The zero-order valence-electron chi connectivity index (χ0n) is 8.26. The number of primary amides is 1. The summed E-state index contributed by atoms with van der Waals surface area (Å²) in [6.07, 6.45) is 2.85. The van der Waals surface area contributed by atoms with Gasteiger partial charge in [0, 0.05) is 13.0 Å². The van der Waals surface area contributed by atoms with Gasteiger partial charge in [-0.2, -0.15) is 0 Å². The van der Waals surface area contributed by atoms with E-state index in [0.717, 1.165) is 25.8 Å². The molecule has 74 valence electrons. The minimum Gasteiger partial charge on any atom is -0.368 e. The molecule has 1 aliphatic rings. The summed E-state index contributed by atoms with van der Waals surface area (Å²) in [5, 5.41) is 7.71. The number of piperidine rings is 1. The number of hydrogen-bond donors (Lipinski definition) is 2. The maximum absolute atomic E-state index is 11.1. The molecule has 1 rings (SSSR count). The predicted molar refractivity (Wildman–Crippen MR) is 51.6 cm³/mol. The van der Waals surface area contributed by atoms with Crippen molar-refractivity contribution >= 4 is 11.7 Å². The highest BCUT2D eigenvalue weighted by atomic mass is 16.1. The number of likely N-dealkylation sites (tertiary alicyclic amines) is 1. The zero-order chi connectivity index (χ0) is 10.1. The van der Waals surface area contributed by atoms with Crippen LogP contribution >= 0.6 is 0 Å². The average Bonchev–Trinajstić information content (AvgIpc) is 2.04. The van der Waals surface area contributed by atoms with E-state index in [9.17, 15) is 4.79 Å². The molecule has 1 heterocycles. The van der Waals surface area contributed by atoms with Gasteiger partial charge >= 0.3 is 0 Å². The van der Waals surface area contributed by atoms with Crippen LogP contribution in [0.5, 0.6) is 0 Å². The molecule has 0 aromatic carbocycles. The van der Waals surface area contributed by atoms with Crippen LogP contribution < -0.4 is 5.73 Å². The van der Waals surface area contributed by atoms with Crippen LogP contribution in [0, 0.1) is 5.41 Å². The summed E-state index contributed by atoms with van der Waals surface area (Å²) in [6, 6.07) is 0. The molecule has 0 bridgehead atoms. The van der Waals surface area contributed by atoms with Crippen LogP contribution in [-0.2, 0) is 4.79 Å². The summed E-state index contributed by atoms with van der Waals surface area (Å²) < 4.78 is 0. The van der Waals surface area contributed by atoms with Gasteiger partial charge in [0.2, 0.25) is 5.91 Å². The van der Waals surface area contributed by atoms with Gasteiger partial charge in [0.05, 0.1) is 5.84 Å². The first kappa shape index (κ1) is 10.0. The summed E-state index contributed by atoms with van der Waals surface area (Å²) in [5.74, 6) is 0.175. The first-order valence-corrected chi connectivity index (χ1v) is 4.61. The van der Waals surface area contributed by atoms with E-state index in [1.54, 1.807) is 18.7 Å². The van der Waals surface area contributed by atoms with Crippen LogP contribution in [0.2, 0.25) is 0 Å². The van der Waals surface area contributed by atoms with Gasteiger partial charge in [-0.1, -0.05) is 0 Å². The molecular formula is C9H17N3O. The first-order valence-electron chi connectivity index (χ1n) is 4.61. The number of rotatable bonds is 2. The van der Waals surface area contributed by atoms with Gasteiger partial charge in [-0.05, 0) is 26.7 Å².